The molecule has 48 valence electrons. The van der Waals surface area contributed by atoms with Crippen LogP contribution in [0.5, 0.6) is 0 Å². The standard InChI is InChI=1S/C4H10N2O2/c7-4(8)6-2-1-5-3-6/h4-5,7-8H,1-3H2. The zero-order valence-corrected chi connectivity index (χ0v) is 4.54. The van der Waals surface area contributed by atoms with Crippen LogP contribution in [0.4, 0.5) is 0 Å². The molecule has 8 heavy (non-hydrogen) atoms. The highest BCUT2D eigenvalue weighted by Gasteiger charge is 2.15. The van der Waals surface area contributed by atoms with Gasteiger partial charge in [0.15, 0.2) is 0 Å². The molecule has 0 atom stereocenters. The minimum atomic E-state index is -1.29. The summed E-state index contributed by atoms with van der Waals surface area (Å²) in [6.45, 7) is 2.15. The highest BCUT2D eigenvalue weighted by Crippen LogP contribution is 1.93. The van der Waals surface area contributed by atoms with Crippen molar-refractivity contribution >= 4 is 0 Å². The van der Waals surface area contributed by atoms with E-state index in [1.54, 1.807) is 0 Å². The molecule has 0 aromatic rings. The largest absolute Gasteiger partial charge is 0.356 e. The van der Waals surface area contributed by atoms with Crippen LogP contribution in [-0.2, 0) is 0 Å². The zero-order chi connectivity index (χ0) is 5.98. The monoisotopic (exact) mass is 118 g/mol. The van der Waals surface area contributed by atoms with Crippen molar-refractivity contribution in [3.63, 3.8) is 0 Å². The molecule has 0 radical (unpaired) electrons. The van der Waals surface area contributed by atoms with E-state index in [2.05, 4.69) is 5.32 Å². The third-order valence-electron chi connectivity index (χ3n) is 1.22. The molecule has 1 saturated heterocycles. The van der Waals surface area contributed by atoms with E-state index in [0.717, 1.165) is 13.1 Å². The first-order valence-corrected chi connectivity index (χ1v) is 2.61. The van der Waals surface area contributed by atoms with Gasteiger partial charge in [-0.3, -0.25) is 0 Å². The normalized spacial score (nSPS) is 22.9. The molecule has 4 heteroatoms. The van der Waals surface area contributed by atoms with Gasteiger partial charge in [0.05, 0.1) is 6.67 Å². The Labute approximate surface area is 47.7 Å². The fourth-order valence-electron chi connectivity index (χ4n) is 0.722. The summed E-state index contributed by atoms with van der Waals surface area (Å²) in [7, 11) is 0. The van der Waals surface area contributed by atoms with Crippen LogP contribution in [0, 0.1) is 0 Å². The molecule has 4 nitrogen and oxygen atoms in total. The Hall–Kier alpha value is -0.160. The maximum Gasteiger partial charge on any atom is 0.214 e. The van der Waals surface area contributed by atoms with Crippen LogP contribution in [0.1, 0.15) is 0 Å². The van der Waals surface area contributed by atoms with Gasteiger partial charge < -0.3 is 15.5 Å². The molecule has 0 amide bonds. The van der Waals surface area contributed by atoms with Gasteiger partial charge in [0.2, 0.25) is 6.41 Å². The van der Waals surface area contributed by atoms with Crippen molar-refractivity contribution in [1.82, 2.24) is 10.2 Å². The number of aliphatic hydroxyl groups is 2. The lowest BCUT2D eigenvalue weighted by Gasteiger charge is -2.14. The fraction of sp³-hybridized carbons (Fsp3) is 1.00. The summed E-state index contributed by atoms with van der Waals surface area (Å²) >= 11 is 0. The summed E-state index contributed by atoms with van der Waals surface area (Å²) in [5, 5.41) is 19.9. The lowest BCUT2D eigenvalue weighted by atomic mass is 10.6. The topological polar surface area (TPSA) is 55.7 Å². The molecule has 0 saturated carbocycles. The van der Waals surface area contributed by atoms with Crippen LogP contribution in [0.2, 0.25) is 0 Å². The Kier molecular flexibility index (Phi) is 1.80. The second kappa shape index (κ2) is 2.41. The zero-order valence-electron chi connectivity index (χ0n) is 4.54. The van der Waals surface area contributed by atoms with E-state index in [4.69, 9.17) is 10.2 Å². The van der Waals surface area contributed by atoms with E-state index in [1.165, 1.54) is 4.90 Å². The molecule has 0 spiro atoms. The molecule has 1 aliphatic rings. The average molecular weight is 118 g/mol. The van der Waals surface area contributed by atoms with Crippen molar-refractivity contribution in [2.75, 3.05) is 19.8 Å². The van der Waals surface area contributed by atoms with Crippen molar-refractivity contribution in [3.8, 4) is 0 Å². The van der Waals surface area contributed by atoms with E-state index < -0.39 is 6.41 Å². The Morgan fingerprint density at radius 2 is 2.25 bits per heavy atom. The van der Waals surface area contributed by atoms with Gasteiger partial charge in [-0.05, 0) is 0 Å². The second-order valence-corrected chi connectivity index (χ2v) is 1.82. The van der Waals surface area contributed by atoms with Crippen molar-refractivity contribution < 1.29 is 10.2 Å². The Balaban J connectivity index is 2.24. The minimum absolute atomic E-state index is 0.581. The van der Waals surface area contributed by atoms with E-state index >= 15 is 0 Å². The highest BCUT2D eigenvalue weighted by atomic mass is 16.5. The molecule has 0 aliphatic carbocycles. The number of rotatable bonds is 1. The van der Waals surface area contributed by atoms with Gasteiger partial charge in [0, 0.05) is 13.1 Å². The van der Waals surface area contributed by atoms with Crippen molar-refractivity contribution in [2.24, 2.45) is 0 Å². The predicted octanol–water partition coefficient (Wildman–Crippen LogP) is -1.88. The average Bonchev–Trinajstić information content (AvgIpc) is 2.12. The van der Waals surface area contributed by atoms with Crippen molar-refractivity contribution in [2.45, 2.75) is 6.41 Å². The number of nitrogens with one attached hydrogen (secondary N) is 1. The van der Waals surface area contributed by atoms with E-state index in [0.29, 0.717) is 6.67 Å². The third-order valence-corrected chi connectivity index (χ3v) is 1.22. The maximum atomic E-state index is 8.49. The molecule has 1 fully saturated rings. The maximum absolute atomic E-state index is 8.49. The molecular weight excluding hydrogens is 108 g/mol. The van der Waals surface area contributed by atoms with E-state index in [1.807, 2.05) is 0 Å². The third kappa shape index (κ3) is 1.16. The van der Waals surface area contributed by atoms with Crippen LogP contribution < -0.4 is 5.32 Å². The first-order chi connectivity index (χ1) is 3.80. The van der Waals surface area contributed by atoms with E-state index in [9.17, 15) is 0 Å². The first-order valence-electron chi connectivity index (χ1n) is 2.61. The van der Waals surface area contributed by atoms with Gasteiger partial charge in [-0.2, -0.15) is 0 Å². The molecule has 1 rings (SSSR count). The van der Waals surface area contributed by atoms with Gasteiger partial charge in [-0.15, -0.1) is 0 Å². The van der Waals surface area contributed by atoms with Crippen LogP contribution in [0.15, 0.2) is 0 Å². The summed E-state index contributed by atoms with van der Waals surface area (Å²) in [6, 6.07) is 0. The van der Waals surface area contributed by atoms with Gasteiger partial charge in [0.1, 0.15) is 0 Å². The smallest absolute Gasteiger partial charge is 0.214 e. The summed E-state index contributed by atoms with van der Waals surface area (Å²) in [5.41, 5.74) is 0. The van der Waals surface area contributed by atoms with Crippen LogP contribution >= 0.6 is 0 Å². The highest BCUT2D eigenvalue weighted by molar-refractivity contribution is 4.62. The Bertz CT molecular complexity index is 70.4. The molecule has 0 aromatic carbocycles. The number of hydrogen-bond donors (Lipinski definition) is 3. The summed E-state index contributed by atoms with van der Waals surface area (Å²) in [4.78, 5) is 1.53. The number of hydrogen-bond acceptors (Lipinski definition) is 4. The summed E-state index contributed by atoms with van der Waals surface area (Å²) in [5.74, 6) is 0. The molecule has 0 aromatic heterocycles. The molecular formula is C4H10N2O2. The molecule has 0 bridgehead atoms. The molecule has 3 N–H and O–H groups in total. The lowest BCUT2D eigenvalue weighted by Crippen LogP contribution is -2.33. The Morgan fingerprint density at radius 1 is 1.50 bits per heavy atom. The van der Waals surface area contributed by atoms with Gasteiger partial charge >= 0.3 is 0 Å². The van der Waals surface area contributed by atoms with Gasteiger partial charge in [-0.25, -0.2) is 4.90 Å². The number of aliphatic hydroxyl groups excluding tert-OH is 1. The van der Waals surface area contributed by atoms with E-state index in [-0.39, 0.29) is 0 Å². The van der Waals surface area contributed by atoms with Gasteiger partial charge in [0.25, 0.3) is 0 Å². The molecule has 0 unspecified atom stereocenters. The van der Waals surface area contributed by atoms with Crippen LogP contribution in [-0.4, -0.2) is 41.3 Å². The summed E-state index contributed by atoms with van der Waals surface area (Å²) in [6.07, 6.45) is -1.29. The lowest BCUT2D eigenvalue weighted by molar-refractivity contribution is -0.146. The predicted molar refractivity (Wildman–Crippen MR) is 27.8 cm³/mol. The van der Waals surface area contributed by atoms with Crippen molar-refractivity contribution in [3.05, 3.63) is 0 Å². The molecule has 1 aliphatic heterocycles. The van der Waals surface area contributed by atoms with Gasteiger partial charge in [-0.1, -0.05) is 0 Å². The number of nitrogens with zero attached hydrogens (tertiary/aromatic N) is 1. The van der Waals surface area contributed by atoms with Crippen molar-refractivity contribution in [1.29, 1.82) is 0 Å². The first kappa shape index (κ1) is 5.97. The quantitative estimate of drug-likeness (QED) is 0.353. The van der Waals surface area contributed by atoms with Crippen LogP contribution in [0.25, 0.3) is 0 Å². The summed E-state index contributed by atoms with van der Waals surface area (Å²) < 4.78 is 0. The Morgan fingerprint density at radius 3 is 2.50 bits per heavy atom. The van der Waals surface area contributed by atoms with Crippen LogP contribution in [0.3, 0.4) is 0 Å². The minimum Gasteiger partial charge on any atom is -0.356 e. The molecule has 1 heterocycles. The SMILES string of the molecule is OC(O)N1CCNC1. The second-order valence-electron chi connectivity index (χ2n) is 1.82. The fourth-order valence-corrected chi connectivity index (χ4v) is 0.722.